The number of aromatic hydroxyl groups is 4. The number of Topliss-reactive ketones (excluding diaryl/α,β-unsaturated/α-hetero) is 1. The van der Waals surface area contributed by atoms with E-state index in [0.29, 0.717) is 12.0 Å². The monoisotopic (exact) mass is 508 g/mol. The highest BCUT2D eigenvalue weighted by Gasteiger charge is 2.41. The second-order valence-electron chi connectivity index (χ2n) is 10.0. The Labute approximate surface area is 217 Å². The van der Waals surface area contributed by atoms with Crippen LogP contribution < -0.4 is 4.74 Å². The van der Waals surface area contributed by atoms with Gasteiger partial charge in [-0.1, -0.05) is 34.9 Å². The van der Waals surface area contributed by atoms with Crippen LogP contribution in [0, 0.1) is 0 Å². The lowest BCUT2D eigenvalue weighted by Gasteiger charge is -2.31. The van der Waals surface area contributed by atoms with Gasteiger partial charge in [0.1, 0.15) is 34.3 Å². The van der Waals surface area contributed by atoms with Crippen molar-refractivity contribution in [2.24, 2.45) is 0 Å². The summed E-state index contributed by atoms with van der Waals surface area (Å²) in [5.41, 5.74) is 4.04. The molecule has 37 heavy (non-hydrogen) atoms. The first-order valence-corrected chi connectivity index (χ1v) is 12.3. The van der Waals surface area contributed by atoms with E-state index in [0.717, 1.165) is 30.1 Å². The third kappa shape index (κ3) is 6.35. The van der Waals surface area contributed by atoms with Crippen LogP contribution in [0.25, 0.3) is 0 Å². The van der Waals surface area contributed by atoms with Crippen LogP contribution in [0.2, 0.25) is 0 Å². The molecule has 0 amide bonds. The molecule has 7 nitrogen and oxygen atoms in total. The molecule has 0 saturated heterocycles. The third-order valence-electron chi connectivity index (χ3n) is 6.38. The van der Waals surface area contributed by atoms with E-state index in [1.54, 1.807) is 0 Å². The predicted molar refractivity (Wildman–Crippen MR) is 143 cm³/mol. The number of hydrogen-bond acceptors (Lipinski definition) is 7. The molecule has 198 valence electrons. The number of benzene rings is 2. The molecule has 2 atom stereocenters. The van der Waals surface area contributed by atoms with Crippen LogP contribution in [0.1, 0.15) is 80.6 Å². The van der Waals surface area contributed by atoms with Crippen LogP contribution in [0.15, 0.2) is 53.1 Å². The summed E-state index contributed by atoms with van der Waals surface area (Å²) >= 11 is 0. The summed E-state index contributed by atoms with van der Waals surface area (Å²) in [4.78, 5) is 12.9. The maximum atomic E-state index is 12.9. The van der Waals surface area contributed by atoms with Gasteiger partial charge in [-0.3, -0.25) is 4.79 Å². The van der Waals surface area contributed by atoms with E-state index in [2.05, 4.69) is 6.08 Å². The lowest BCUT2D eigenvalue weighted by molar-refractivity contribution is 0.0202. The van der Waals surface area contributed by atoms with Crippen molar-refractivity contribution in [3.63, 3.8) is 0 Å². The smallest absolute Gasteiger partial charge is 0.202 e. The zero-order chi connectivity index (χ0) is 27.4. The van der Waals surface area contributed by atoms with E-state index in [4.69, 9.17) is 4.74 Å². The molecule has 2 aromatic rings. The molecule has 0 bridgehead atoms. The Morgan fingerprint density at radius 1 is 0.892 bits per heavy atom. The summed E-state index contributed by atoms with van der Waals surface area (Å²) in [6.07, 6.45) is 5.31. The number of phenols is 4. The molecular formula is C30H36O7. The van der Waals surface area contributed by atoms with E-state index >= 15 is 0 Å². The van der Waals surface area contributed by atoms with E-state index < -0.39 is 23.7 Å². The average molecular weight is 509 g/mol. The molecule has 7 heteroatoms. The quantitative estimate of drug-likeness (QED) is 0.280. The van der Waals surface area contributed by atoms with Crippen molar-refractivity contribution in [2.45, 2.75) is 72.5 Å². The predicted octanol–water partition coefficient (Wildman–Crippen LogP) is 5.93. The van der Waals surface area contributed by atoms with Crippen LogP contribution in [-0.4, -0.2) is 37.4 Å². The van der Waals surface area contributed by atoms with Crippen molar-refractivity contribution in [2.75, 3.05) is 0 Å². The van der Waals surface area contributed by atoms with Gasteiger partial charge in [-0.25, -0.2) is 0 Å². The number of phenolic OH excluding ortho intramolecular Hbond substituents is 4. The van der Waals surface area contributed by atoms with Crippen LogP contribution in [0.5, 0.6) is 28.7 Å². The Morgan fingerprint density at radius 2 is 1.57 bits per heavy atom. The standard InChI is InChI=1S/C30H36O7/c1-16(2)7-6-8-18(5)10-12-21-26(33)19(11-9-17(3)4)13-22(27(21)34)30-29(36)28(35)25-23(32)14-20(31)15-24(25)37-30/h7,9-10,13-15,29-34,36H,6,8,11-12H2,1-5H3/t29-,30+/m0/s1. The largest absolute Gasteiger partial charge is 0.508 e. The fourth-order valence-corrected chi connectivity index (χ4v) is 4.30. The maximum Gasteiger partial charge on any atom is 0.202 e. The lowest BCUT2D eigenvalue weighted by Crippen LogP contribution is -2.36. The number of carbonyl (C=O) groups excluding carboxylic acids is 1. The molecule has 1 aliphatic rings. The van der Waals surface area contributed by atoms with Crippen molar-refractivity contribution in [1.82, 2.24) is 0 Å². The number of aliphatic hydroxyl groups is 1. The van der Waals surface area contributed by atoms with Gasteiger partial charge in [-0.05, 0) is 71.9 Å². The second-order valence-corrected chi connectivity index (χ2v) is 10.0. The number of rotatable bonds is 8. The number of ether oxygens (including phenoxy) is 1. The summed E-state index contributed by atoms with van der Waals surface area (Å²) in [7, 11) is 0. The van der Waals surface area contributed by atoms with Gasteiger partial charge in [-0.15, -0.1) is 0 Å². The summed E-state index contributed by atoms with van der Waals surface area (Å²) in [5.74, 6) is -2.05. The van der Waals surface area contributed by atoms with Crippen LogP contribution >= 0.6 is 0 Å². The number of fused-ring (bicyclic) bond motifs is 1. The van der Waals surface area contributed by atoms with Gasteiger partial charge in [0, 0.05) is 23.3 Å². The minimum Gasteiger partial charge on any atom is -0.508 e. The molecule has 1 heterocycles. The zero-order valence-corrected chi connectivity index (χ0v) is 22.0. The van der Waals surface area contributed by atoms with E-state index in [1.807, 2.05) is 46.8 Å². The number of carbonyl (C=O) groups is 1. The van der Waals surface area contributed by atoms with Gasteiger partial charge < -0.3 is 30.3 Å². The van der Waals surface area contributed by atoms with Crippen molar-refractivity contribution in [3.8, 4) is 28.7 Å². The van der Waals surface area contributed by atoms with Gasteiger partial charge in [0.2, 0.25) is 5.78 Å². The van der Waals surface area contributed by atoms with Crippen LogP contribution in [0.3, 0.4) is 0 Å². The second kappa shape index (κ2) is 11.6. The maximum absolute atomic E-state index is 12.9. The summed E-state index contributed by atoms with van der Waals surface area (Å²) in [6.45, 7) is 9.94. The Balaban J connectivity index is 2.07. The normalized spacial score (nSPS) is 17.1. The SMILES string of the molecule is CC(C)=CCCC(C)=CCc1c(O)c(CC=C(C)C)cc([C@H]2Oc3cc(O)cc(O)c3C(=O)[C@@H]2O)c1O. The molecule has 0 saturated carbocycles. The van der Waals surface area contributed by atoms with Gasteiger partial charge in [0.05, 0.1) is 0 Å². The minimum absolute atomic E-state index is 0.0561. The van der Waals surface area contributed by atoms with E-state index in [1.165, 1.54) is 17.7 Å². The molecule has 0 fully saturated rings. The van der Waals surface area contributed by atoms with Crippen LogP contribution in [0.4, 0.5) is 0 Å². The van der Waals surface area contributed by atoms with Gasteiger partial charge in [0.15, 0.2) is 12.2 Å². The fourth-order valence-electron chi connectivity index (χ4n) is 4.30. The van der Waals surface area contributed by atoms with Crippen molar-refractivity contribution >= 4 is 5.78 Å². The third-order valence-corrected chi connectivity index (χ3v) is 6.38. The van der Waals surface area contributed by atoms with Crippen molar-refractivity contribution in [3.05, 3.63) is 75.4 Å². The molecule has 3 rings (SSSR count). The summed E-state index contributed by atoms with van der Waals surface area (Å²) in [6, 6.07) is 3.69. The first-order valence-electron chi connectivity index (χ1n) is 12.3. The number of aliphatic hydroxyl groups excluding tert-OH is 1. The number of ketones is 1. The molecule has 0 aromatic heterocycles. The van der Waals surface area contributed by atoms with Gasteiger partial charge in [-0.2, -0.15) is 0 Å². The highest BCUT2D eigenvalue weighted by Crippen LogP contribution is 2.46. The molecule has 5 N–H and O–H groups in total. The lowest BCUT2D eigenvalue weighted by atomic mass is 9.88. The topological polar surface area (TPSA) is 127 Å². The fraction of sp³-hybridized carbons (Fsp3) is 0.367. The van der Waals surface area contributed by atoms with Crippen molar-refractivity contribution < 1.29 is 35.1 Å². The van der Waals surface area contributed by atoms with Crippen molar-refractivity contribution in [1.29, 1.82) is 0 Å². The Morgan fingerprint density at radius 3 is 2.22 bits per heavy atom. The first kappa shape index (κ1) is 27.9. The highest BCUT2D eigenvalue weighted by atomic mass is 16.5. The van der Waals surface area contributed by atoms with E-state index in [-0.39, 0.29) is 46.1 Å². The Hall–Kier alpha value is -3.71. The summed E-state index contributed by atoms with van der Waals surface area (Å²) < 4.78 is 5.85. The number of allylic oxidation sites excluding steroid dienone is 6. The molecule has 1 aliphatic heterocycles. The van der Waals surface area contributed by atoms with E-state index in [9.17, 15) is 30.3 Å². The molecular weight excluding hydrogens is 472 g/mol. The Kier molecular flexibility index (Phi) is 8.71. The zero-order valence-electron chi connectivity index (χ0n) is 22.0. The summed E-state index contributed by atoms with van der Waals surface area (Å²) in [5, 5.41) is 53.1. The molecule has 0 radical (unpaired) electrons. The van der Waals surface area contributed by atoms with Crippen LogP contribution in [-0.2, 0) is 12.8 Å². The van der Waals surface area contributed by atoms with Gasteiger partial charge in [0.25, 0.3) is 0 Å². The minimum atomic E-state index is -1.72. The Bertz CT molecular complexity index is 1280. The molecule has 0 aliphatic carbocycles. The first-order chi connectivity index (χ1) is 17.4. The van der Waals surface area contributed by atoms with Gasteiger partial charge >= 0.3 is 0 Å². The molecule has 2 aromatic carbocycles. The number of hydrogen-bond donors (Lipinski definition) is 5. The molecule has 0 unspecified atom stereocenters. The highest BCUT2D eigenvalue weighted by molar-refractivity contribution is 6.05. The average Bonchev–Trinajstić information content (AvgIpc) is 2.80. The molecule has 0 spiro atoms.